The number of aryl methyl sites for hydroxylation is 2. The second kappa shape index (κ2) is 7.60. The number of benzene rings is 1. The average molecular weight is 288 g/mol. The third kappa shape index (κ3) is 4.57. The van der Waals surface area contributed by atoms with Gasteiger partial charge in [0, 0.05) is 24.7 Å². The van der Waals surface area contributed by atoms with Crippen LogP contribution in [0.4, 0.5) is 5.69 Å². The van der Waals surface area contributed by atoms with Gasteiger partial charge in [-0.25, -0.2) is 0 Å². The zero-order valence-electron chi connectivity index (χ0n) is 13.6. The lowest BCUT2D eigenvalue weighted by Crippen LogP contribution is -2.40. The van der Waals surface area contributed by atoms with Crippen LogP contribution in [0.5, 0.6) is 0 Å². The zero-order valence-corrected chi connectivity index (χ0v) is 13.6. The molecule has 1 heterocycles. The molecule has 1 saturated heterocycles. The van der Waals surface area contributed by atoms with E-state index in [4.69, 9.17) is 0 Å². The summed E-state index contributed by atoms with van der Waals surface area (Å²) in [5, 5.41) is 3.06. The Labute approximate surface area is 128 Å². The summed E-state index contributed by atoms with van der Waals surface area (Å²) in [4.78, 5) is 14.7. The maximum atomic E-state index is 12.2. The Bertz CT molecular complexity index is 484. The van der Waals surface area contributed by atoms with Gasteiger partial charge >= 0.3 is 0 Å². The molecule has 1 aliphatic heterocycles. The standard InChI is InChI=1S/C18H28N2O/c1-4-16-7-5-6-11-20(16)12-10-18(21)19-17-13-14(2)8-9-15(17)3/h8-9,13,16H,4-7,10-12H2,1-3H3,(H,19,21). The Kier molecular flexibility index (Phi) is 5.80. The predicted octanol–water partition coefficient (Wildman–Crippen LogP) is 3.90. The van der Waals surface area contributed by atoms with Crippen LogP contribution in [0.15, 0.2) is 18.2 Å². The van der Waals surface area contributed by atoms with Gasteiger partial charge in [-0.15, -0.1) is 0 Å². The van der Waals surface area contributed by atoms with Crippen LogP contribution < -0.4 is 5.32 Å². The van der Waals surface area contributed by atoms with E-state index in [2.05, 4.69) is 36.2 Å². The van der Waals surface area contributed by atoms with Crippen LogP contribution in [0.1, 0.15) is 50.2 Å². The fourth-order valence-electron chi connectivity index (χ4n) is 3.15. The van der Waals surface area contributed by atoms with E-state index >= 15 is 0 Å². The molecule has 21 heavy (non-hydrogen) atoms. The van der Waals surface area contributed by atoms with Gasteiger partial charge in [0.1, 0.15) is 0 Å². The molecule has 1 fully saturated rings. The summed E-state index contributed by atoms with van der Waals surface area (Å²) >= 11 is 0. The van der Waals surface area contributed by atoms with Crippen LogP contribution in [0.2, 0.25) is 0 Å². The number of hydrogen-bond acceptors (Lipinski definition) is 2. The minimum Gasteiger partial charge on any atom is -0.326 e. The molecule has 0 aromatic heterocycles. The molecule has 0 bridgehead atoms. The van der Waals surface area contributed by atoms with E-state index in [-0.39, 0.29) is 5.91 Å². The number of nitrogens with zero attached hydrogens (tertiary/aromatic N) is 1. The van der Waals surface area contributed by atoms with E-state index in [1.54, 1.807) is 0 Å². The van der Waals surface area contributed by atoms with E-state index in [1.165, 1.54) is 31.2 Å². The molecule has 1 aromatic carbocycles. The lowest BCUT2D eigenvalue weighted by molar-refractivity contribution is -0.116. The van der Waals surface area contributed by atoms with Crippen molar-refractivity contribution in [3.63, 3.8) is 0 Å². The second-order valence-corrected chi connectivity index (χ2v) is 6.21. The van der Waals surface area contributed by atoms with Crippen molar-refractivity contribution in [2.45, 2.75) is 58.9 Å². The number of hydrogen-bond donors (Lipinski definition) is 1. The summed E-state index contributed by atoms with van der Waals surface area (Å²) in [6, 6.07) is 6.85. The molecule has 0 aliphatic carbocycles. The number of piperidine rings is 1. The Morgan fingerprint density at radius 3 is 2.90 bits per heavy atom. The molecule has 0 spiro atoms. The van der Waals surface area contributed by atoms with Crippen molar-refractivity contribution < 1.29 is 4.79 Å². The number of nitrogens with one attached hydrogen (secondary N) is 1. The summed E-state index contributed by atoms with van der Waals surface area (Å²) in [5.41, 5.74) is 3.25. The van der Waals surface area contributed by atoms with Crippen molar-refractivity contribution in [1.29, 1.82) is 0 Å². The van der Waals surface area contributed by atoms with E-state index in [0.717, 1.165) is 24.3 Å². The highest BCUT2D eigenvalue weighted by Crippen LogP contribution is 2.20. The Hall–Kier alpha value is -1.35. The molecular weight excluding hydrogens is 260 g/mol. The number of rotatable bonds is 5. The average Bonchev–Trinajstić information content (AvgIpc) is 2.49. The highest BCUT2D eigenvalue weighted by molar-refractivity contribution is 5.91. The van der Waals surface area contributed by atoms with E-state index in [9.17, 15) is 4.79 Å². The molecule has 3 nitrogen and oxygen atoms in total. The third-order valence-electron chi connectivity index (χ3n) is 4.51. The van der Waals surface area contributed by atoms with Gasteiger partial charge in [0.25, 0.3) is 0 Å². The van der Waals surface area contributed by atoms with Crippen LogP contribution in [0, 0.1) is 13.8 Å². The van der Waals surface area contributed by atoms with Gasteiger partial charge in [0.05, 0.1) is 0 Å². The molecule has 1 atom stereocenters. The Morgan fingerprint density at radius 2 is 2.14 bits per heavy atom. The molecule has 1 amide bonds. The summed E-state index contributed by atoms with van der Waals surface area (Å²) < 4.78 is 0. The highest BCUT2D eigenvalue weighted by atomic mass is 16.1. The first-order valence-electron chi connectivity index (χ1n) is 8.21. The Balaban J connectivity index is 1.85. The van der Waals surface area contributed by atoms with Gasteiger partial charge in [-0.1, -0.05) is 25.5 Å². The Morgan fingerprint density at radius 1 is 1.33 bits per heavy atom. The molecule has 116 valence electrons. The van der Waals surface area contributed by atoms with Gasteiger partial charge in [-0.3, -0.25) is 9.69 Å². The predicted molar refractivity (Wildman–Crippen MR) is 88.7 cm³/mol. The lowest BCUT2D eigenvalue weighted by atomic mass is 10.00. The SMILES string of the molecule is CCC1CCCCN1CCC(=O)Nc1cc(C)ccc1C. The van der Waals surface area contributed by atoms with Crippen molar-refractivity contribution in [2.75, 3.05) is 18.4 Å². The number of amides is 1. The molecular formula is C18H28N2O. The molecule has 1 aromatic rings. The van der Waals surface area contributed by atoms with Crippen molar-refractivity contribution in [3.8, 4) is 0 Å². The van der Waals surface area contributed by atoms with E-state index in [0.29, 0.717) is 12.5 Å². The first-order valence-corrected chi connectivity index (χ1v) is 8.21. The molecule has 2 rings (SSSR count). The van der Waals surface area contributed by atoms with Crippen LogP contribution in [-0.2, 0) is 4.79 Å². The minimum atomic E-state index is 0.129. The fraction of sp³-hybridized carbons (Fsp3) is 0.611. The molecule has 3 heteroatoms. The van der Waals surface area contributed by atoms with Crippen LogP contribution in [-0.4, -0.2) is 29.9 Å². The molecule has 1 aliphatic rings. The van der Waals surface area contributed by atoms with E-state index in [1.807, 2.05) is 13.0 Å². The summed E-state index contributed by atoms with van der Waals surface area (Å²) in [7, 11) is 0. The quantitative estimate of drug-likeness (QED) is 0.891. The van der Waals surface area contributed by atoms with Crippen molar-refractivity contribution in [2.24, 2.45) is 0 Å². The molecule has 1 N–H and O–H groups in total. The number of carbonyl (C=O) groups excluding carboxylic acids is 1. The maximum Gasteiger partial charge on any atom is 0.225 e. The normalized spacial score (nSPS) is 19.5. The van der Waals surface area contributed by atoms with Gasteiger partial charge in [0.2, 0.25) is 5.91 Å². The summed E-state index contributed by atoms with van der Waals surface area (Å²) in [5.74, 6) is 0.129. The summed E-state index contributed by atoms with van der Waals surface area (Å²) in [6.07, 6.45) is 5.68. The topological polar surface area (TPSA) is 32.3 Å². The van der Waals surface area contributed by atoms with Gasteiger partial charge in [0.15, 0.2) is 0 Å². The van der Waals surface area contributed by atoms with Crippen molar-refractivity contribution in [3.05, 3.63) is 29.3 Å². The lowest BCUT2D eigenvalue weighted by Gasteiger charge is -2.35. The molecule has 1 unspecified atom stereocenters. The van der Waals surface area contributed by atoms with Gasteiger partial charge in [-0.05, 0) is 56.8 Å². The monoisotopic (exact) mass is 288 g/mol. The third-order valence-corrected chi connectivity index (χ3v) is 4.51. The van der Waals surface area contributed by atoms with Crippen LogP contribution in [0.3, 0.4) is 0 Å². The second-order valence-electron chi connectivity index (χ2n) is 6.21. The smallest absolute Gasteiger partial charge is 0.225 e. The molecule has 0 radical (unpaired) electrons. The number of anilines is 1. The summed E-state index contributed by atoms with van der Waals surface area (Å²) in [6.45, 7) is 8.37. The fourth-order valence-corrected chi connectivity index (χ4v) is 3.15. The molecule has 0 saturated carbocycles. The van der Waals surface area contributed by atoms with Gasteiger partial charge in [-0.2, -0.15) is 0 Å². The number of likely N-dealkylation sites (tertiary alicyclic amines) is 1. The highest BCUT2D eigenvalue weighted by Gasteiger charge is 2.21. The zero-order chi connectivity index (χ0) is 15.2. The van der Waals surface area contributed by atoms with Crippen molar-refractivity contribution in [1.82, 2.24) is 4.90 Å². The van der Waals surface area contributed by atoms with Crippen molar-refractivity contribution >= 4 is 11.6 Å². The first kappa shape index (κ1) is 16.0. The first-order chi connectivity index (χ1) is 10.1. The minimum absolute atomic E-state index is 0.129. The number of carbonyl (C=O) groups is 1. The maximum absolute atomic E-state index is 12.2. The van der Waals surface area contributed by atoms with Crippen LogP contribution >= 0.6 is 0 Å². The largest absolute Gasteiger partial charge is 0.326 e. The van der Waals surface area contributed by atoms with Crippen LogP contribution in [0.25, 0.3) is 0 Å². The van der Waals surface area contributed by atoms with Gasteiger partial charge < -0.3 is 5.32 Å². The van der Waals surface area contributed by atoms with E-state index < -0.39 is 0 Å².